The van der Waals surface area contributed by atoms with Crippen LogP contribution in [0.25, 0.3) is 10.9 Å². The van der Waals surface area contributed by atoms with Gasteiger partial charge < -0.3 is 25.4 Å². The molecular formula is C29H40N6O3. The number of carboxylic acid groups (broad SMARTS) is 1. The van der Waals surface area contributed by atoms with Crippen molar-refractivity contribution < 1.29 is 14.6 Å². The molecule has 9 heteroatoms. The van der Waals surface area contributed by atoms with E-state index in [0.29, 0.717) is 18.8 Å². The molecule has 1 aliphatic heterocycles. The predicted molar refractivity (Wildman–Crippen MR) is 151 cm³/mol. The SMILES string of the molecule is COC(C)CN(CCCCc1ccc2c(n1)NCCC2)CCC(Nc1ncnc2cc(C)ccc12)C(=O)O. The van der Waals surface area contributed by atoms with Gasteiger partial charge in [-0.25, -0.2) is 19.7 Å². The summed E-state index contributed by atoms with van der Waals surface area (Å²) in [5.41, 5.74) is 4.33. The maximum Gasteiger partial charge on any atom is 0.326 e. The number of hydrogen-bond acceptors (Lipinski definition) is 8. The van der Waals surface area contributed by atoms with Gasteiger partial charge in [-0.2, -0.15) is 0 Å². The number of fused-ring (bicyclic) bond motifs is 2. The molecule has 3 heterocycles. The highest BCUT2D eigenvalue weighted by molar-refractivity contribution is 5.91. The second-order valence-corrected chi connectivity index (χ2v) is 10.2. The van der Waals surface area contributed by atoms with Gasteiger partial charge in [0.2, 0.25) is 0 Å². The first-order chi connectivity index (χ1) is 18.4. The zero-order valence-electron chi connectivity index (χ0n) is 22.7. The Hall–Kier alpha value is -3.30. The molecule has 2 aromatic heterocycles. The Bertz CT molecular complexity index is 1220. The second kappa shape index (κ2) is 13.5. The van der Waals surface area contributed by atoms with Gasteiger partial charge in [0.15, 0.2) is 0 Å². The fourth-order valence-electron chi connectivity index (χ4n) is 4.90. The summed E-state index contributed by atoms with van der Waals surface area (Å²) in [5, 5.41) is 17.3. The van der Waals surface area contributed by atoms with E-state index >= 15 is 0 Å². The molecule has 204 valence electrons. The first-order valence-corrected chi connectivity index (χ1v) is 13.6. The molecule has 0 bridgehead atoms. The molecule has 3 N–H and O–H groups in total. The highest BCUT2D eigenvalue weighted by Crippen LogP contribution is 2.22. The number of unbranched alkanes of at least 4 members (excludes halogenated alkanes) is 1. The van der Waals surface area contributed by atoms with E-state index in [9.17, 15) is 9.90 Å². The van der Waals surface area contributed by atoms with Gasteiger partial charge in [0.25, 0.3) is 0 Å². The van der Waals surface area contributed by atoms with Gasteiger partial charge >= 0.3 is 5.97 Å². The fraction of sp³-hybridized carbons (Fsp3) is 0.517. The molecule has 9 nitrogen and oxygen atoms in total. The van der Waals surface area contributed by atoms with Crippen molar-refractivity contribution in [3.05, 3.63) is 53.5 Å². The molecule has 0 amide bonds. The lowest BCUT2D eigenvalue weighted by molar-refractivity contribution is -0.138. The van der Waals surface area contributed by atoms with Crippen molar-refractivity contribution >= 4 is 28.5 Å². The molecule has 2 atom stereocenters. The third-order valence-corrected chi connectivity index (χ3v) is 7.16. The average molecular weight is 521 g/mol. The van der Waals surface area contributed by atoms with Crippen LogP contribution >= 0.6 is 0 Å². The van der Waals surface area contributed by atoms with Crippen LogP contribution in [0.15, 0.2) is 36.7 Å². The second-order valence-electron chi connectivity index (χ2n) is 10.2. The molecule has 0 aliphatic carbocycles. The monoisotopic (exact) mass is 520 g/mol. The smallest absolute Gasteiger partial charge is 0.326 e. The summed E-state index contributed by atoms with van der Waals surface area (Å²) < 4.78 is 5.51. The van der Waals surface area contributed by atoms with Crippen molar-refractivity contribution in [2.45, 2.75) is 64.5 Å². The lowest BCUT2D eigenvalue weighted by Crippen LogP contribution is -2.38. The molecule has 0 saturated heterocycles. The summed E-state index contributed by atoms with van der Waals surface area (Å²) >= 11 is 0. The molecule has 4 rings (SSSR count). The Balaban J connectivity index is 1.33. The minimum Gasteiger partial charge on any atom is -0.480 e. The quantitative estimate of drug-likeness (QED) is 0.268. The van der Waals surface area contributed by atoms with Gasteiger partial charge in [-0.1, -0.05) is 12.1 Å². The average Bonchev–Trinajstić information content (AvgIpc) is 2.92. The highest BCUT2D eigenvalue weighted by atomic mass is 16.5. The van der Waals surface area contributed by atoms with Crippen LogP contribution in [0.1, 0.15) is 49.4 Å². The summed E-state index contributed by atoms with van der Waals surface area (Å²) in [4.78, 5) is 27.9. The van der Waals surface area contributed by atoms with Crippen molar-refractivity contribution in [1.82, 2.24) is 19.9 Å². The lowest BCUT2D eigenvalue weighted by Gasteiger charge is -2.27. The van der Waals surface area contributed by atoms with Crippen LogP contribution < -0.4 is 10.6 Å². The van der Waals surface area contributed by atoms with Crippen LogP contribution in [0.4, 0.5) is 11.6 Å². The van der Waals surface area contributed by atoms with Gasteiger partial charge in [-0.05, 0) is 88.2 Å². The number of pyridine rings is 1. The maximum atomic E-state index is 12.1. The number of carboxylic acids is 1. The number of aliphatic carboxylic acids is 1. The van der Waals surface area contributed by atoms with E-state index in [1.165, 1.54) is 11.9 Å². The number of carbonyl (C=O) groups is 1. The molecule has 0 spiro atoms. The summed E-state index contributed by atoms with van der Waals surface area (Å²) in [6.45, 7) is 7.30. The van der Waals surface area contributed by atoms with Crippen LogP contribution in [0, 0.1) is 6.92 Å². The van der Waals surface area contributed by atoms with E-state index in [-0.39, 0.29) is 6.10 Å². The number of ether oxygens (including phenoxy) is 1. The molecule has 0 saturated carbocycles. The van der Waals surface area contributed by atoms with E-state index in [2.05, 4.69) is 37.6 Å². The van der Waals surface area contributed by atoms with Crippen molar-refractivity contribution in [2.75, 3.05) is 43.9 Å². The first kappa shape index (κ1) is 27.7. The van der Waals surface area contributed by atoms with Crippen LogP contribution in [0.2, 0.25) is 0 Å². The summed E-state index contributed by atoms with van der Waals surface area (Å²) in [5.74, 6) is 0.699. The Morgan fingerprint density at radius 1 is 1.21 bits per heavy atom. The number of methoxy groups -OCH3 is 1. The van der Waals surface area contributed by atoms with E-state index in [4.69, 9.17) is 9.72 Å². The van der Waals surface area contributed by atoms with Crippen LogP contribution in [-0.2, 0) is 22.4 Å². The first-order valence-electron chi connectivity index (χ1n) is 13.6. The van der Waals surface area contributed by atoms with Gasteiger partial charge in [-0.3, -0.25) is 0 Å². The molecule has 1 aromatic carbocycles. The summed E-state index contributed by atoms with van der Waals surface area (Å²) in [6.07, 6.45) is 7.21. The van der Waals surface area contributed by atoms with Gasteiger partial charge in [0.1, 0.15) is 24.0 Å². The zero-order valence-corrected chi connectivity index (χ0v) is 22.7. The van der Waals surface area contributed by atoms with E-state index in [1.807, 2.05) is 32.0 Å². The fourth-order valence-corrected chi connectivity index (χ4v) is 4.90. The van der Waals surface area contributed by atoms with E-state index in [0.717, 1.165) is 79.7 Å². The third kappa shape index (κ3) is 7.61. The molecule has 3 aromatic rings. The summed E-state index contributed by atoms with van der Waals surface area (Å²) in [6, 6.07) is 9.49. The molecule has 0 fully saturated rings. The van der Waals surface area contributed by atoms with Crippen molar-refractivity contribution in [3.8, 4) is 0 Å². The number of hydrogen-bond donors (Lipinski definition) is 3. The predicted octanol–water partition coefficient (Wildman–Crippen LogP) is 4.31. The molecule has 1 aliphatic rings. The van der Waals surface area contributed by atoms with Crippen LogP contribution in [0.5, 0.6) is 0 Å². The van der Waals surface area contributed by atoms with Gasteiger partial charge in [-0.15, -0.1) is 0 Å². The standard InChI is InChI=1S/C29H40N6O3/c1-20-9-12-24-26(17-20)31-19-32-28(24)34-25(29(36)37)13-16-35(18-21(2)38-3)15-5-4-8-23-11-10-22-7-6-14-30-27(22)33-23/h9-12,17,19,21,25H,4-8,13-16,18H2,1-3H3,(H,30,33)(H,36,37)(H,31,32,34). The normalized spacial score (nSPS) is 14.6. The third-order valence-electron chi connectivity index (χ3n) is 7.16. The highest BCUT2D eigenvalue weighted by Gasteiger charge is 2.21. The van der Waals surface area contributed by atoms with Crippen LogP contribution in [0.3, 0.4) is 0 Å². The topological polar surface area (TPSA) is 113 Å². The summed E-state index contributed by atoms with van der Waals surface area (Å²) in [7, 11) is 1.71. The van der Waals surface area contributed by atoms with Crippen molar-refractivity contribution in [1.29, 1.82) is 0 Å². The van der Waals surface area contributed by atoms with Crippen molar-refractivity contribution in [3.63, 3.8) is 0 Å². The van der Waals surface area contributed by atoms with Gasteiger partial charge in [0.05, 0.1) is 11.6 Å². The number of rotatable bonds is 14. The molecular weight excluding hydrogens is 480 g/mol. The number of aryl methyl sites for hydroxylation is 3. The number of nitrogens with one attached hydrogen (secondary N) is 2. The number of aromatic nitrogens is 3. The molecule has 38 heavy (non-hydrogen) atoms. The van der Waals surface area contributed by atoms with Crippen molar-refractivity contribution in [2.24, 2.45) is 0 Å². The van der Waals surface area contributed by atoms with Crippen LogP contribution in [-0.4, -0.2) is 76.4 Å². The zero-order chi connectivity index (χ0) is 26.9. The number of anilines is 2. The van der Waals surface area contributed by atoms with E-state index < -0.39 is 12.0 Å². The largest absolute Gasteiger partial charge is 0.480 e. The number of nitrogens with zero attached hydrogens (tertiary/aromatic N) is 4. The minimum atomic E-state index is -0.893. The Labute approximate surface area is 225 Å². The Morgan fingerprint density at radius 2 is 2.08 bits per heavy atom. The maximum absolute atomic E-state index is 12.1. The number of benzene rings is 1. The molecule has 0 radical (unpaired) electrons. The van der Waals surface area contributed by atoms with Gasteiger partial charge in [0, 0.05) is 37.8 Å². The minimum absolute atomic E-state index is 0.0636. The lowest BCUT2D eigenvalue weighted by atomic mass is 10.1. The van der Waals surface area contributed by atoms with E-state index in [1.54, 1.807) is 7.11 Å². The molecule has 2 unspecified atom stereocenters. The Morgan fingerprint density at radius 3 is 2.89 bits per heavy atom. The Kier molecular flexibility index (Phi) is 9.84.